The van der Waals surface area contributed by atoms with Gasteiger partial charge in [-0.15, -0.1) is 0 Å². The largest absolute Gasteiger partial charge is 0.479 e. The van der Waals surface area contributed by atoms with Crippen LogP contribution in [0, 0.1) is 0 Å². The fourth-order valence-electron chi connectivity index (χ4n) is 3.96. The highest BCUT2D eigenvalue weighted by Crippen LogP contribution is 2.42. The summed E-state index contributed by atoms with van der Waals surface area (Å²) >= 11 is 0. The summed E-state index contributed by atoms with van der Waals surface area (Å²) in [7, 11) is -3.42. The fraction of sp³-hybridized carbons (Fsp3) is 0.391. The van der Waals surface area contributed by atoms with Crippen LogP contribution in [0.25, 0.3) is 0 Å². The van der Waals surface area contributed by atoms with Gasteiger partial charge in [-0.2, -0.15) is 0 Å². The number of carbonyl (C=O) groups is 2. The summed E-state index contributed by atoms with van der Waals surface area (Å²) in [5.74, 6) is -1.46. The summed E-state index contributed by atoms with van der Waals surface area (Å²) < 4.78 is 12.5. The lowest BCUT2D eigenvalue weighted by atomic mass is 9.92. The first-order valence-electron chi connectivity index (χ1n) is 10.3. The van der Waals surface area contributed by atoms with Gasteiger partial charge in [0.2, 0.25) is 13.3 Å². The maximum absolute atomic E-state index is 12.7. The van der Waals surface area contributed by atoms with Gasteiger partial charge in [-0.05, 0) is 42.4 Å². The topological polar surface area (TPSA) is 94.9 Å². The van der Waals surface area contributed by atoms with E-state index in [1.807, 2.05) is 42.5 Å². The van der Waals surface area contributed by atoms with Crippen molar-refractivity contribution in [1.29, 1.82) is 0 Å². The second kappa shape index (κ2) is 10.1. The molecule has 3 rings (SSSR count). The van der Waals surface area contributed by atoms with Gasteiger partial charge < -0.3 is 14.9 Å². The number of carbonyl (C=O) groups excluding carboxylic acids is 1. The van der Waals surface area contributed by atoms with Crippen molar-refractivity contribution in [2.75, 3.05) is 18.9 Å². The number of aryl methyl sites for hydroxylation is 1. The molecule has 0 fully saturated rings. The first-order valence-corrected chi connectivity index (χ1v) is 12.4. The van der Waals surface area contributed by atoms with Crippen molar-refractivity contribution in [1.82, 2.24) is 4.90 Å². The molecule has 0 aromatic heterocycles. The lowest BCUT2D eigenvalue weighted by Gasteiger charge is -2.35. The third-order valence-corrected chi connectivity index (χ3v) is 7.52. The number of aliphatic carboxylic acids is 1. The Morgan fingerprint density at radius 2 is 1.70 bits per heavy atom. The monoisotopic (exact) mass is 429 g/mol. The van der Waals surface area contributed by atoms with Crippen LogP contribution in [0.1, 0.15) is 42.0 Å². The summed E-state index contributed by atoms with van der Waals surface area (Å²) in [6.07, 6.45) is 2.83. The zero-order valence-corrected chi connectivity index (χ0v) is 17.8. The van der Waals surface area contributed by atoms with Crippen molar-refractivity contribution < 1.29 is 24.2 Å². The van der Waals surface area contributed by atoms with E-state index in [9.17, 15) is 24.2 Å². The molecule has 1 aliphatic rings. The molecule has 0 saturated carbocycles. The van der Waals surface area contributed by atoms with Crippen LogP contribution in [-0.2, 0) is 27.0 Å². The molecular weight excluding hydrogens is 401 g/mol. The maximum atomic E-state index is 12.7. The second-order valence-corrected chi connectivity index (χ2v) is 10.3. The third kappa shape index (κ3) is 5.80. The zero-order chi connectivity index (χ0) is 21.6. The van der Waals surface area contributed by atoms with E-state index in [1.165, 1.54) is 10.5 Å². The van der Waals surface area contributed by atoms with Crippen molar-refractivity contribution in [3.63, 3.8) is 0 Å². The molecule has 1 heterocycles. The predicted octanol–water partition coefficient (Wildman–Crippen LogP) is 3.88. The van der Waals surface area contributed by atoms with E-state index >= 15 is 0 Å². The Morgan fingerprint density at radius 1 is 1.00 bits per heavy atom. The molecule has 1 aliphatic heterocycles. The molecule has 2 atom stereocenters. The lowest BCUT2D eigenvalue weighted by molar-refractivity contribution is -0.151. The van der Waals surface area contributed by atoms with E-state index in [0.29, 0.717) is 24.9 Å². The number of carboxylic acids is 1. The molecule has 160 valence electrons. The number of hydrogen-bond acceptors (Lipinski definition) is 3. The predicted molar refractivity (Wildman–Crippen MR) is 116 cm³/mol. The minimum absolute atomic E-state index is 0.109. The first-order chi connectivity index (χ1) is 14.4. The zero-order valence-electron chi connectivity index (χ0n) is 16.9. The third-order valence-electron chi connectivity index (χ3n) is 5.58. The number of rotatable bonds is 9. The van der Waals surface area contributed by atoms with Gasteiger partial charge in [0.05, 0.1) is 0 Å². The Bertz CT molecular complexity index is 930. The van der Waals surface area contributed by atoms with Crippen LogP contribution in [0.3, 0.4) is 0 Å². The quantitative estimate of drug-likeness (QED) is 0.466. The molecule has 7 heteroatoms. The summed E-state index contributed by atoms with van der Waals surface area (Å²) in [6.45, 7) is 0.305. The van der Waals surface area contributed by atoms with Gasteiger partial charge in [-0.1, -0.05) is 54.6 Å². The first kappa shape index (κ1) is 22.3. The number of amides is 1. The number of hydrogen-bond donors (Lipinski definition) is 2. The normalized spacial score (nSPS) is 17.8. The minimum Gasteiger partial charge on any atom is -0.479 e. The Morgan fingerprint density at radius 3 is 2.43 bits per heavy atom. The van der Waals surface area contributed by atoms with E-state index in [4.69, 9.17) is 0 Å². The second-order valence-electron chi connectivity index (χ2n) is 7.76. The van der Waals surface area contributed by atoms with E-state index in [0.717, 1.165) is 18.4 Å². The van der Waals surface area contributed by atoms with Crippen LogP contribution in [0.15, 0.2) is 54.6 Å². The molecule has 0 spiro atoms. The molecule has 30 heavy (non-hydrogen) atoms. The molecule has 2 N–H and O–H groups in total. The van der Waals surface area contributed by atoms with Crippen molar-refractivity contribution in [2.45, 2.75) is 38.1 Å². The average Bonchev–Trinajstić information content (AvgIpc) is 2.75. The summed E-state index contributed by atoms with van der Waals surface area (Å²) in [6, 6.07) is 16.2. The molecule has 2 aromatic carbocycles. The van der Waals surface area contributed by atoms with Gasteiger partial charge in [0, 0.05) is 25.3 Å². The van der Waals surface area contributed by atoms with Crippen LogP contribution in [-0.4, -0.2) is 45.6 Å². The van der Waals surface area contributed by atoms with E-state index in [1.54, 1.807) is 12.1 Å². The van der Waals surface area contributed by atoms with E-state index in [-0.39, 0.29) is 24.7 Å². The highest BCUT2D eigenvalue weighted by atomic mass is 31.2. The molecule has 0 saturated heterocycles. The number of fused-ring (bicyclic) bond motifs is 1. The Labute approximate surface area is 177 Å². The molecule has 0 aliphatic carbocycles. The number of nitrogens with zero attached hydrogens (tertiary/aromatic N) is 1. The Hall–Kier alpha value is -2.43. The van der Waals surface area contributed by atoms with Gasteiger partial charge in [0.1, 0.15) is 0 Å². The van der Waals surface area contributed by atoms with Gasteiger partial charge in [0.15, 0.2) is 6.04 Å². The average molecular weight is 429 g/mol. The van der Waals surface area contributed by atoms with Crippen molar-refractivity contribution in [3.8, 4) is 0 Å². The number of carboxylic acid groups (broad SMARTS) is 1. The van der Waals surface area contributed by atoms with Gasteiger partial charge >= 0.3 is 5.97 Å². The molecular formula is C23H28NO5P. The van der Waals surface area contributed by atoms with Crippen molar-refractivity contribution >= 4 is 19.2 Å². The van der Waals surface area contributed by atoms with Crippen LogP contribution in [0.5, 0.6) is 0 Å². The standard InChI is InChI=1S/C23H28NO5P/c25-21(24-15-13-19-11-4-5-12-20(19)22(24)23(26)27)14-17-30(28,29)16-7-6-10-18-8-2-1-3-9-18/h1-5,8-9,11-12,22H,6-7,10,13-17H2,(H,26,27)(H,28,29). The SMILES string of the molecule is O=C(O)C1c2ccccc2CCN1C(=O)CCP(=O)(O)CCCCc1ccccc1. The molecule has 0 radical (unpaired) electrons. The maximum Gasteiger partial charge on any atom is 0.331 e. The van der Waals surface area contributed by atoms with E-state index < -0.39 is 19.4 Å². The van der Waals surface area contributed by atoms with E-state index in [2.05, 4.69) is 0 Å². The van der Waals surface area contributed by atoms with Crippen molar-refractivity contribution in [2.24, 2.45) is 0 Å². The van der Waals surface area contributed by atoms with Gasteiger partial charge in [-0.3, -0.25) is 9.36 Å². The molecule has 2 unspecified atom stereocenters. The fourth-order valence-corrected chi connectivity index (χ4v) is 5.44. The number of benzene rings is 2. The van der Waals surface area contributed by atoms with Gasteiger partial charge in [-0.25, -0.2) is 4.79 Å². The molecule has 2 aromatic rings. The molecule has 6 nitrogen and oxygen atoms in total. The van der Waals surface area contributed by atoms with Crippen LogP contribution in [0.4, 0.5) is 0 Å². The summed E-state index contributed by atoms with van der Waals surface area (Å²) in [4.78, 5) is 36.1. The summed E-state index contributed by atoms with van der Waals surface area (Å²) in [5.41, 5.74) is 2.75. The smallest absolute Gasteiger partial charge is 0.331 e. The highest BCUT2D eigenvalue weighted by Gasteiger charge is 2.36. The Kier molecular flexibility index (Phi) is 7.46. The van der Waals surface area contributed by atoms with Gasteiger partial charge in [0.25, 0.3) is 0 Å². The van der Waals surface area contributed by atoms with Crippen LogP contribution in [0.2, 0.25) is 0 Å². The highest BCUT2D eigenvalue weighted by molar-refractivity contribution is 7.58. The number of unbranched alkanes of at least 4 members (excludes halogenated alkanes) is 1. The molecule has 1 amide bonds. The Balaban J connectivity index is 1.51. The minimum atomic E-state index is -3.42. The van der Waals surface area contributed by atoms with Crippen LogP contribution >= 0.6 is 7.37 Å². The van der Waals surface area contributed by atoms with Crippen molar-refractivity contribution in [3.05, 3.63) is 71.3 Å². The molecule has 0 bridgehead atoms. The lowest BCUT2D eigenvalue weighted by Crippen LogP contribution is -2.43. The van der Waals surface area contributed by atoms with Crippen LogP contribution < -0.4 is 0 Å². The summed E-state index contributed by atoms with van der Waals surface area (Å²) in [5, 5.41) is 9.67.